The first kappa shape index (κ1) is 17.3. The van der Waals surface area contributed by atoms with Crippen molar-refractivity contribution >= 4 is 22.9 Å². The summed E-state index contributed by atoms with van der Waals surface area (Å²) in [4.78, 5) is 17.6. The van der Waals surface area contributed by atoms with Crippen molar-refractivity contribution in [3.8, 4) is 0 Å². The van der Waals surface area contributed by atoms with Gasteiger partial charge in [-0.25, -0.2) is 15.0 Å². The molecule has 2 unspecified atom stereocenters. The molecule has 0 aliphatic carbocycles. The van der Waals surface area contributed by atoms with E-state index in [1.165, 1.54) is 6.20 Å². The van der Waals surface area contributed by atoms with E-state index in [-0.39, 0.29) is 6.04 Å². The Bertz CT molecular complexity index is 1030. The lowest BCUT2D eigenvalue weighted by atomic mass is 10.1. The van der Waals surface area contributed by atoms with Crippen molar-refractivity contribution in [3.63, 3.8) is 0 Å². The van der Waals surface area contributed by atoms with Crippen LogP contribution in [0.1, 0.15) is 12.0 Å². The fourth-order valence-electron chi connectivity index (χ4n) is 4.43. The summed E-state index contributed by atoms with van der Waals surface area (Å²) in [7, 11) is 1.95. The number of fused-ring (bicyclic) bond motifs is 2. The second-order valence-electron chi connectivity index (χ2n) is 7.43. The van der Waals surface area contributed by atoms with E-state index in [1.54, 1.807) is 6.20 Å². The highest BCUT2D eigenvalue weighted by Crippen LogP contribution is 2.38. The zero-order chi connectivity index (χ0) is 19.5. The molecule has 0 bridgehead atoms. The van der Waals surface area contributed by atoms with Crippen LogP contribution in [-0.4, -0.2) is 45.2 Å². The maximum atomic E-state index is 13.0. The molecular weight excluding hydrogens is 369 g/mol. The van der Waals surface area contributed by atoms with Crippen LogP contribution in [0.5, 0.6) is 0 Å². The van der Waals surface area contributed by atoms with Crippen LogP contribution in [-0.2, 0) is 13.2 Å². The van der Waals surface area contributed by atoms with Gasteiger partial charge in [0.1, 0.15) is 11.3 Å². The van der Waals surface area contributed by atoms with Crippen molar-refractivity contribution in [2.45, 2.75) is 18.6 Å². The summed E-state index contributed by atoms with van der Waals surface area (Å²) in [5.74, 6) is 1.63. The van der Waals surface area contributed by atoms with E-state index in [0.29, 0.717) is 24.8 Å². The van der Waals surface area contributed by atoms with E-state index >= 15 is 0 Å². The quantitative estimate of drug-likeness (QED) is 0.675. The topological polar surface area (TPSA) is 50.1 Å². The predicted molar refractivity (Wildman–Crippen MR) is 99.2 cm³/mol. The van der Waals surface area contributed by atoms with Crippen LogP contribution >= 0.6 is 0 Å². The molecule has 0 saturated carbocycles. The highest BCUT2D eigenvalue weighted by Gasteiger charge is 2.43. The predicted octanol–water partition coefficient (Wildman–Crippen LogP) is 3.10. The molecule has 3 aromatic rings. The number of anilines is 2. The molecule has 5 heterocycles. The molecule has 146 valence electrons. The standard InChI is InChI=1S/C19H19F3N6/c1-26-17-14(3-2-6-24-17)25-18(26)28-8-5-12-10-27(11-15(12)28)16-9-13(4-7-23-16)19(20,21)22/h2-4,6-7,9,12,15H,5,8,10-11H2,1H3. The summed E-state index contributed by atoms with van der Waals surface area (Å²) in [5, 5.41) is 0. The van der Waals surface area contributed by atoms with Crippen molar-refractivity contribution in [2.24, 2.45) is 13.0 Å². The molecule has 6 nitrogen and oxygen atoms in total. The Morgan fingerprint density at radius 2 is 1.96 bits per heavy atom. The van der Waals surface area contributed by atoms with Gasteiger partial charge in [0.05, 0.1) is 11.6 Å². The van der Waals surface area contributed by atoms with Gasteiger partial charge in [-0.3, -0.25) is 4.57 Å². The summed E-state index contributed by atoms with van der Waals surface area (Å²) in [6.45, 7) is 2.23. The molecule has 2 aliphatic heterocycles. The monoisotopic (exact) mass is 388 g/mol. The molecule has 0 aromatic carbocycles. The van der Waals surface area contributed by atoms with E-state index in [2.05, 4.69) is 14.9 Å². The van der Waals surface area contributed by atoms with Gasteiger partial charge >= 0.3 is 6.18 Å². The van der Waals surface area contributed by atoms with Gasteiger partial charge in [0.15, 0.2) is 5.65 Å². The van der Waals surface area contributed by atoms with E-state index in [1.807, 2.05) is 28.6 Å². The molecule has 3 aromatic heterocycles. The molecule has 2 atom stereocenters. The lowest BCUT2D eigenvalue weighted by Gasteiger charge is -2.26. The molecule has 0 N–H and O–H groups in total. The third kappa shape index (κ3) is 2.68. The Balaban J connectivity index is 1.42. The highest BCUT2D eigenvalue weighted by atomic mass is 19.4. The van der Waals surface area contributed by atoms with Crippen molar-refractivity contribution in [3.05, 3.63) is 42.2 Å². The molecule has 0 amide bonds. The number of imidazole rings is 1. The fraction of sp³-hybridized carbons (Fsp3) is 0.421. The van der Waals surface area contributed by atoms with Gasteiger partial charge in [-0.2, -0.15) is 13.2 Å². The number of halogens is 3. The lowest BCUT2D eigenvalue weighted by Crippen LogP contribution is -2.37. The molecule has 2 fully saturated rings. The van der Waals surface area contributed by atoms with E-state index in [4.69, 9.17) is 4.98 Å². The van der Waals surface area contributed by atoms with Crippen LogP contribution in [0.3, 0.4) is 0 Å². The highest BCUT2D eigenvalue weighted by molar-refractivity contribution is 5.74. The van der Waals surface area contributed by atoms with Gasteiger partial charge in [-0.1, -0.05) is 0 Å². The third-order valence-corrected chi connectivity index (χ3v) is 5.81. The summed E-state index contributed by atoms with van der Waals surface area (Å²) >= 11 is 0. The number of rotatable bonds is 2. The fourth-order valence-corrected chi connectivity index (χ4v) is 4.43. The van der Waals surface area contributed by atoms with Gasteiger partial charge in [0.2, 0.25) is 5.95 Å². The van der Waals surface area contributed by atoms with E-state index in [0.717, 1.165) is 42.2 Å². The largest absolute Gasteiger partial charge is 0.416 e. The van der Waals surface area contributed by atoms with Crippen molar-refractivity contribution in [1.29, 1.82) is 0 Å². The van der Waals surface area contributed by atoms with Gasteiger partial charge in [-0.15, -0.1) is 0 Å². The summed E-state index contributed by atoms with van der Waals surface area (Å²) in [6, 6.07) is 6.16. The second-order valence-corrected chi connectivity index (χ2v) is 7.43. The molecule has 0 spiro atoms. The number of hydrogen-bond acceptors (Lipinski definition) is 5. The second kappa shape index (κ2) is 6.08. The molecule has 2 aliphatic rings. The first-order valence-corrected chi connectivity index (χ1v) is 9.24. The molecule has 9 heteroatoms. The summed E-state index contributed by atoms with van der Waals surface area (Å²) in [6.07, 6.45) is -0.394. The van der Waals surface area contributed by atoms with Crippen molar-refractivity contribution in [2.75, 3.05) is 29.4 Å². The third-order valence-electron chi connectivity index (χ3n) is 5.81. The van der Waals surface area contributed by atoms with Gasteiger partial charge in [0.25, 0.3) is 0 Å². The van der Waals surface area contributed by atoms with Crippen LogP contribution in [0.15, 0.2) is 36.7 Å². The minimum Gasteiger partial charge on any atom is -0.354 e. The van der Waals surface area contributed by atoms with Gasteiger partial charge in [0, 0.05) is 45.0 Å². The smallest absolute Gasteiger partial charge is 0.354 e. The molecule has 0 radical (unpaired) electrons. The number of pyridine rings is 2. The number of aryl methyl sites for hydroxylation is 1. The van der Waals surface area contributed by atoms with E-state index < -0.39 is 11.7 Å². The van der Waals surface area contributed by atoms with Crippen LogP contribution in [0.2, 0.25) is 0 Å². The normalized spacial score (nSPS) is 22.3. The minimum atomic E-state index is -4.36. The average molecular weight is 388 g/mol. The zero-order valence-electron chi connectivity index (χ0n) is 15.3. The lowest BCUT2D eigenvalue weighted by molar-refractivity contribution is -0.137. The van der Waals surface area contributed by atoms with Crippen molar-refractivity contribution < 1.29 is 13.2 Å². The first-order valence-electron chi connectivity index (χ1n) is 9.24. The number of aromatic nitrogens is 4. The maximum absolute atomic E-state index is 13.0. The Morgan fingerprint density at radius 3 is 2.75 bits per heavy atom. The number of nitrogens with zero attached hydrogens (tertiary/aromatic N) is 6. The Morgan fingerprint density at radius 1 is 1.11 bits per heavy atom. The zero-order valence-corrected chi connectivity index (χ0v) is 15.3. The van der Waals surface area contributed by atoms with E-state index in [9.17, 15) is 13.2 Å². The minimum absolute atomic E-state index is 0.201. The molecule has 2 saturated heterocycles. The van der Waals surface area contributed by atoms with Crippen LogP contribution in [0.25, 0.3) is 11.2 Å². The van der Waals surface area contributed by atoms with Crippen LogP contribution < -0.4 is 9.80 Å². The summed E-state index contributed by atoms with van der Waals surface area (Å²) in [5.41, 5.74) is 1.01. The first-order chi connectivity index (χ1) is 13.4. The Labute approximate surface area is 159 Å². The number of hydrogen-bond donors (Lipinski definition) is 0. The number of alkyl halides is 3. The molecule has 28 heavy (non-hydrogen) atoms. The van der Waals surface area contributed by atoms with Crippen LogP contribution in [0.4, 0.5) is 24.9 Å². The van der Waals surface area contributed by atoms with Crippen LogP contribution in [0, 0.1) is 5.92 Å². The van der Waals surface area contributed by atoms with Gasteiger partial charge < -0.3 is 9.80 Å². The Kier molecular flexibility index (Phi) is 3.75. The summed E-state index contributed by atoms with van der Waals surface area (Å²) < 4.78 is 41.1. The molecule has 5 rings (SSSR count). The average Bonchev–Trinajstić information content (AvgIpc) is 3.34. The molecular formula is C19H19F3N6. The maximum Gasteiger partial charge on any atom is 0.416 e. The van der Waals surface area contributed by atoms with Crippen molar-refractivity contribution in [1.82, 2.24) is 19.5 Å². The van der Waals surface area contributed by atoms with Gasteiger partial charge in [-0.05, 0) is 30.7 Å². The Hall–Kier alpha value is -2.84. The SMILES string of the molecule is Cn1c(N2CCC3CN(c4cc(C(F)(F)F)ccn4)CC32)nc2cccnc21.